The Morgan fingerprint density at radius 2 is 1.56 bits per heavy atom. The number of nitriles is 1. The zero-order chi connectivity index (χ0) is 26.7. The fourth-order valence-electron chi connectivity index (χ4n) is 6.54. The van der Waals surface area contributed by atoms with E-state index in [0.29, 0.717) is 5.56 Å². The lowest BCUT2D eigenvalue weighted by Crippen LogP contribution is -2.33. The van der Waals surface area contributed by atoms with E-state index >= 15 is 0 Å². The quantitative estimate of drug-likeness (QED) is 0.248. The average Bonchev–Trinajstić information content (AvgIpc) is 3.31. The first-order chi connectivity index (χ1) is 19.0. The van der Waals surface area contributed by atoms with Crippen LogP contribution in [0.5, 0.6) is 5.75 Å². The minimum atomic E-state index is -0.0756. The number of rotatable bonds is 4. The highest BCUT2D eigenvalue weighted by atomic mass is 16.5. The van der Waals surface area contributed by atoms with Crippen molar-refractivity contribution in [2.45, 2.75) is 31.7 Å². The Kier molecular flexibility index (Phi) is 5.18. The van der Waals surface area contributed by atoms with Gasteiger partial charge in [0.2, 0.25) is 0 Å². The number of hydrogen-bond donors (Lipinski definition) is 0. The molecule has 0 radical (unpaired) electrons. The Hall–Kier alpha value is -4.75. The van der Waals surface area contributed by atoms with Crippen molar-refractivity contribution in [1.29, 1.82) is 5.26 Å². The fraction of sp³-hybridized carbons (Fsp3) is 0.171. The molecule has 1 atom stereocenters. The highest BCUT2D eigenvalue weighted by molar-refractivity contribution is 5.96. The van der Waals surface area contributed by atoms with Gasteiger partial charge in [-0.2, -0.15) is 5.26 Å². The van der Waals surface area contributed by atoms with E-state index < -0.39 is 0 Å². The highest BCUT2D eigenvalue weighted by Gasteiger charge is 2.37. The zero-order valence-corrected chi connectivity index (χ0v) is 22.3. The summed E-state index contributed by atoms with van der Waals surface area (Å²) in [6.07, 6.45) is 5.51. The second kappa shape index (κ2) is 8.64. The number of hydrogen-bond acceptors (Lipinski definition) is 3. The first-order valence-corrected chi connectivity index (χ1v) is 13.4. The lowest BCUT2D eigenvalue weighted by atomic mass is 9.74. The first-order valence-electron chi connectivity index (χ1n) is 13.4. The molecule has 0 spiro atoms. The van der Waals surface area contributed by atoms with Crippen LogP contribution < -0.4 is 9.64 Å². The van der Waals surface area contributed by atoms with Crippen molar-refractivity contribution in [3.05, 3.63) is 125 Å². The zero-order valence-electron chi connectivity index (χ0n) is 22.3. The van der Waals surface area contributed by atoms with Gasteiger partial charge in [0.1, 0.15) is 5.75 Å². The van der Waals surface area contributed by atoms with Gasteiger partial charge in [0, 0.05) is 27.9 Å². The number of ether oxygens (including phenoxy) is 1. The molecule has 1 aliphatic heterocycles. The van der Waals surface area contributed by atoms with Crippen molar-refractivity contribution in [3.63, 3.8) is 0 Å². The molecule has 4 aromatic carbocycles. The predicted molar refractivity (Wildman–Crippen MR) is 158 cm³/mol. The molecule has 0 bridgehead atoms. The summed E-state index contributed by atoms with van der Waals surface area (Å²) < 4.78 is 7.91. The van der Waals surface area contributed by atoms with Crippen LogP contribution in [0.25, 0.3) is 22.7 Å². The molecule has 2 heterocycles. The van der Waals surface area contributed by atoms with Gasteiger partial charge in [0.05, 0.1) is 36.0 Å². The second-order valence-corrected chi connectivity index (χ2v) is 10.9. The largest absolute Gasteiger partial charge is 0.497 e. The molecular weight excluding hydrogens is 478 g/mol. The number of benzene rings is 4. The standard InChI is InChI=1S/C35H29N3O/c1-35(2)30-8-4-5-10-33(30)38-32-20-17-26(21-29(32)28-7-6-9-31(35)34(28)38)37(24-13-11-23(22-36)12-14-24)25-15-18-27(39-3)19-16-25/h4-20,26H,21H2,1-3H3. The lowest BCUT2D eigenvalue weighted by molar-refractivity contribution is 0.415. The molecule has 4 nitrogen and oxygen atoms in total. The van der Waals surface area contributed by atoms with Gasteiger partial charge in [0.15, 0.2) is 0 Å². The molecule has 5 aromatic rings. The van der Waals surface area contributed by atoms with Crippen molar-refractivity contribution in [2.24, 2.45) is 0 Å². The van der Waals surface area contributed by atoms with E-state index in [2.05, 4.69) is 96.1 Å². The lowest BCUT2D eigenvalue weighted by Gasteiger charge is -2.35. The summed E-state index contributed by atoms with van der Waals surface area (Å²) in [5, 5.41) is 10.7. The van der Waals surface area contributed by atoms with Crippen molar-refractivity contribution < 1.29 is 4.74 Å². The SMILES string of the molecule is COc1ccc(N(c2ccc(C#N)cc2)C2C=Cc3c(c4cccc5c4n3-c3ccccc3C5(C)C)C2)cc1. The number of aromatic nitrogens is 1. The van der Waals surface area contributed by atoms with Crippen LogP contribution >= 0.6 is 0 Å². The molecule has 0 fully saturated rings. The summed E-state index contributed by atoms with van der Waals surface area (Å²) in [7, 11) is 1.69. The van der Waals surface area contributed by atoms with Crippen molar-refractivity contribution in [3.8, 4) is 17.5 Å². The number of methoxy groups -OCH3 is 1. The number of fused-ring (bicyclic) bond motifs is 5. The molecule has 2 aliphatic rings. The Balaban J connectivity index is 1.40. The van der Waals surface area contributed by atoms with Gasteiger partial charge < -0.3 is 14.2 Å². The summed E-state index contributed by atoms with van der Waals surface area (Å²) in [5.74, 6) is 0.829. The molecule has 1 aromatic heterocycles. The normalized spacial score (nSPS) is 16.3. The molecule has 190 valence electrons. The second-order valence-electron chi connectivity index (χ2n) is 10.9. The maximum absolute atomic E-state index is 9.37. The molecule has 7 rings (SSSR count). The van der Waals surface area contributed by atoms with Crippen LogP contribution in [0.1, 0.15) is 41.8 Å². The van der Waals surface area contributed by atoms with E-state index in [0.717, 1.165) is 23.5 Å². The maximum atomic E-state index is 9.37. The van der Waals surface area contributed by atoms with E-state index in [9.17, 15) is 5.26 Å². The third kappa shape index (κ3) is 3.43. The monoisotopic (exact) mass is 507 g/mol. The van der Waals surface area contributed by atoms with Gasteiger partial charge in [-0.15, -0.1) is 0 Å². The average molecular weight is 508 g/mol. The minimum absolute atomic E-state index is 0.0756. The van der Waals surface area contributed by atoms with Gasteiger partial charge in [-0.3, -0.25) is 0 Å². The number of anilines is 2. The van der Waals surface area contributed by atoms with Crippen LogP contribution in [0, 0.1) is 11.3 Å². The third-order valence-electron chi connectivity index (χ3n) is 8.47. The predicted octanol–water partition coefficient (Wildman–Crippen LogP) is 7.93. The van der Waals surface area contributed by atoms with E-state index in [1.165, 1.54) is 39.0 Å². The molecule has 1 unspecified atom stereocenters. The van der Waals surface area contributed by atoms with Gasteiger partial charge in [-0.1, -0.05) is 56.3 Å². The molecule has 0 amide bonds. The molecule has 39 heavy (non-hydrogen) atoms. The summed E-state index contributed by atoms with van der Waals surface area (Å²) in [6.45, 7) is 4.68. The molecule has 0 N–H and O–H groups in total. The van der Waals surface area contributed by atoms with E-state index in [1.807, 2.05) is 36.4 Å². The fourth-order valence-corrected chi connectivity index (χ4v) is 6.54. The first kappa shape index (κ1) is 23.4. The van der Waals surface area contributed by atoms with Crippen LogP contribution in [0.15, 0.2) is 97.1 Å². The van der Waals surface area contributed by atoms with Crippen LogP contribution in [0.4, 0.5) is 11.4 Å². The van der Waals surface area contributed by atoms with Crippen molar-refractivity contribution in [2.75, 3.05) is 12.0 Å². The molecule has 1 aliphatic carbocycles. The highest BCUT2D eigenvalue weighted by Crippen LogP contribution is 2.48. The van der Waals surface area contributed by atoms with Crippen LogP contribution in [0.3, 0.4) is 0 Å². The third-order valence-corrected chi connectivity index (χ3v) is 8.47. The summed E-state index contributed by atoms with van der Waals surface area (Å²) >= 11 is 0. The smallest absolute Gasteiger partial charge is 0.119 e. The Morgan fingerprint density at radius 3 is 2.28 bits per heavy atom. The van der Waals surface area contributed by atoms with E-state index in [1.54, 1.807) is 7.11 Å². The summed E-state index contributed by atoms with van der Waals surface area (Å²) in [4.78, 5) is 2.37. The summed E-state index contributed by atoms with van der Waals surface area (Å²) in [5.41, 5.74) is 10.7. The number of para-hydroxylation sites is 2. The topological polar surface area (TPSA) is 41.2 Å². The van der Waals surface area contributed by atoms with Gasteiger partial charge in [-0.25, -0.2) is 0 Å². The minimum Gasteiger partial charge on any atom is -0.497 e. The van der Waals surface area contributed by atoms with Crippen LogP contribution in [0.2, 0.25) is 0 Å². The van der Waals surface area contributed by atoms with Gasteiger partial charge >= 0.3 is 0 Å². The van der Waals surface area contributed by atoms with Crippen LogP contribution in [-0.4, -0.2) is 17.7 Å². The number of nitrogens with zero attached hydrogens (tertiary/aromatic N) is 3. The van der Waals surface area contributed by atoms with E-state index in [-0.39, 0.29) is 11.5 Å². The molecule has 4 heteroatoms. The van der Waals surface area contributed by atoms with Gasteiger partial charge in [-0.05, 0) is 83.8 Å². The molecule has 0 saturated heterocycles. The van der Waals surface area contributed by atoms with Crippen molar-refractivity contribution in [1.82, 2.24) is 4.57 Å². The van der Waals surface area contributed by atoms with Crippen molar-refractivity contribution >= 4 is 28.4 Å². The Morgan fingerprint density at radius 1 is 0.872 bits per heavy atom. The Bertz CT molecular complexity index is 1800. The van der Waals surface area contributed by atoms with Crippen LogP contribution in [-0.2, 0) is 11.8 Å². The molecule has 0 saturated carbocycles. The maximum Gasteiger partial charge on any atom is 0.119 e. The van der Waals surface area contributed by atoms with Gasteiger partial charge in [0.25, 0.3) is 0 Å². The summed E-state index contributed by atoms with van der Waals surface area (Å²) in [6, 6.07) is 34.1. The van der Waals surface area contributed by atoms with E-state index in [4.69, 9.17) is 4.74 Å². The Labute approximate surface area is 229 Å². The molecular formula is C35H29N3O.